The quantitative estimate of drug-likeness (QED) is 0.731. The summed E-state index contributed by atoms with van der Waals surface area (Å²) in [5, 5.41) is 3.52. The van der Waals surface area contributed by atoms with E-state index in [0.717, 1.165) is 23.8 Å². The average Bonchev–Trinajstić information content (AvgIpc) is 2.93. The maximum Gasteiger partial charge on any atom is 0.237 e. The number of aromatic nitrogens is 2. The van der Waals surface area contributed by atoms with Crippen LogP contribution in [-0.2, 0) is 6.54 Å². The molecule has 1 aromatic carbocycles. The molecular formula is C19H21N3O2. The van der Waals surface area contributed by atoms with E-state index in [1.54, 1.807) is 18.6 Å². The number of aryl methyl sites for hydroxylation is 2. The van der Waals surface area contributed by atoms with Crippen molar-refractivity contribution in [2.24, 2.45) is 0 Å². The molecule has 0 bridgehead atoms. The normalized spacial score (nSPS) is 12.1. The highest BCUT2D eigenvalue weighted by Gasteiger charge is 2.12. The van der Waals surface area contributed by atoms with E-state index in [1.165, 1.54) is 11.1 Å². The van der Waals surface area contributed by atoms with Gasteiger partial charge in [-0.1, -0.05) is 12.1 Å². The molecule has 1 atom stereocenters. The molecule has 0 aliphatic rings. The highest BCUT2D eigenvalue weighted by molar-refractivity contribution is 5.30. The van der Waals surface area contributed by atoms with Gasteiger partial charge in [0.05, 0.1) is 6.20 Å². The minimum atomic E-state index is 0.234. The summed E-state index contributed by atoms with van der Waals surface area (Å²) in [6, 6.07) is 10.3. The number of rotatable bonds is 6. The van der Waals surface area contributed by atoms with Crippen LogP contribution in [-0.4, -0.2) is 9.97 Å². The van der Waals surface area contributed by atoms with Gasteiger partial charge in [-0.05, 0) is 44.5 Å². The molecule has 0 aliphatic heterocycles. The summed E-state index contributed by atoms with van der Waals surface area (Å²) in [6.45, 7) is 6.89. The largest absolute Gasteiger partial charge is 0.466 e. The first-order valence-corrected chi connectivity index (χ1v) is 7.95. The Morgan fingerprint density at radius 2 is 1.96 bits per heavy atom. The molecule has 5 nitrogen and oxygen atoms in total. The van der Waals surface area contributed by atoms with Crippen LogP contribution in [0.3, 0.4) is 0 Å². The van der Waals surface area contributed by atoms with Crippen molar-refractivity contribution in [1.29, 1.82) is 0 Å². The van der Waals surface area contributed by atoms with Crippen molar-refractivity contribution in [2.45, 2.75) is 33.4 Å². The maximum atomic E-state index is 5.64. The van der Waals surface area contributed by atoms with Crippen molar-refractivity contribution in [3.8, 4) is 11.6 Å². The number of hydrogen-bond acceptors (Lipinski definition) is 5. The van der Waals surface area contributed by atoms with Crippen LogP contribution >= 0.6 is 0 Å². The van der Waals surface area contributed by atoms with Crippen LogP contribution in [0.5, 0.6) is 11.6 Å². The molecule has 0 saturated heterocycles. The second-order valence-corrected chi connectivity index (χ2v) is 5.76. The van der Waals surface area contributed by atoms with Gasteiger partial charge in [-0.15, -0.1) is 0 Å². The molecule has 2 heterocycles. The van der Waals surface area contributed by atoms with Gasteiger partial charge in [0, 0.05) is 30.5 Å². The van der Waals surface area contributed by atoms with E-state index in [0.29, 0.717) is 5.88 Å². The molecule has 0 radical (unpaired) electrons. The van der Waals surface area contributed by atoms with Crippen molar-refractivity contribution in [3.63, 3.8) is 0 Å². The number of hydrogen-bond donors (Lipinski definition) is 1. The third kappa shape index (κ3) is 4.00. The molecular weight excluding hydrogens is 302 g/mol. The van der Waals surface area contributed by atoms with Gasteiger partial charge in [0.2, 0.25) is 5.88 Å². The van der Waals surface area contributed by atoms with E-state index in [4.69, 9.17) is 9.15 Å². The lowest BCUT2D eigenvalue weighted by molar-refractivity contribution is 0.459. The number of benzene rings is 1. The van der Waals surface area contributed by atoms with Crippen molar-refractivity contribution in [3.05, 3.63) is 71.6 Å². The highest BCUT2D eigenvalue weighted by atomic mass is 16.5. The molecule has 1 N–H and O–H groups in total. The Labute approximate surface area is 141 Å². The van der Waals surface area contributed by atoms with Crippen LogP contribution in [0.25, 0.3) is 0 Å². The molecule has 24 heavy (non-hydrogen) atoms. The Bertz CT molecular complexity index is 782. The third-order valence-electron chi connectivity index (χ3n) is 3.84. The first kappa shape index (κ1) is 16.2. The average molecular weight is 323 g/mol. The molecule has 0 saturated carbocycles. The van der Waals surface area contributed by atoms with Crippen LogP contribution in [0.15, 0.2) is 53.3 Å². The molecule has 3 rings (SSSR count). The predicted octanol–water partition coefficient (Wildman–Crippen LogP) is 4.33. The molecule has 3 aromatic rings. The van der Waals surface area contributed by atoms with Gasteiger partial charge in [-0.3, -0.25) is 4.98 Å². The first-order chi connectivity index (χ1) is 11.6. The van der Waals surface area contributed by atoms with Gasteiger partial charge in [-0.2, -0.15) is 0 Å². The van der Waals surface area contributed by atoms with E-state index in [9.17, 15) is 0 Å². The fraction of sp³-hybridized carbons (Fsp3) is 0.263. The van der Waals surface area contributed by atoms with E-state index < -0.39 is 0 Å². The minimum Gasteiger partial charge on any atom is -0.466 e. The van der Waals surface area contributed by atoms with Gasteiger partial charge in [0.15, 0.2) is 0 Å². The SMILES string of the molecule is Cc1cc(C(C)NCc2ccc(Oc3cnccn3)cc2)c(C)o1. The lowest BCUT2D eigenvalue weighted by Gasteiger charge is -2.13. The Balaban J connectivity index is 1.57. The van der Waals surface area contributed by atoms with E-state index in [1.807, 2.05) is 38.1 Å². The fourth-order valence-corrected chi connectivity index (χ4v) is 2.60. The second kappa shape index (κ2) is 7.27. The van der Waals surface area contributed by atoms with E-state index in [2.05, 4.69) is 28.3 Å². The predicted molar refractivity (Wildman–Crippen MR) is 92.0 cm³/mol. The Hall–Kier alpha value is -2.66. The first-order valence-electron chi connectivity index (χ1n) is 7.95. The summed E-state index contributed by atoms with van der Waals surface area (Å²) >= 11 is 0. The van der Waals surface area contributed by atoms with Crippen molar-refractivity contribution in [2.75, 3.05) is 0 Å². The lowest BCUT2D eigenvalue weighted by Crippen LogP contribution is -2.18. The summed E-state index contributed by atoms with van der Waals surface area (Å²) in [6.07, 6.45) is 4.81. The van der Waals surface area contributed by atoms with Crippen LogP contribution < -0.4 is 10.1 Å². The van der Waals surface area contributed by atoms with Gasteiger partial charge in [-0.25, -0.2) is 4.98 Å². The Kier molecular flexibility index (Phi) is 4.91. The number of nitrogens with zero attached hydrogens (tertiary/aromatic N) is 2. The highest BCUT2D eigenvalue weighted by Crippen LogP contribution is 2.22. The monoisotopic (exact) mass is 323 g/mol. The van der Waals surface area contributed by atoms with Crippen LogP contribution in [0.2, 0.25) is 0 Å². The summed E-state index contributed by atoms with van der Waals surface area (Å²) < 4.78 is 11.2. The van der Waals surface area contributed by atoms with E-state index >= 15 is 0 Å². The van der Waals surface area contributed by atoms with Crippen molar-refractivity contribution < 1.29 is 9.15 Å². The third-order valence-corrected chi connectivity index (χ3v) is 3.84. The Morgan fingerprint density at radius 1 is 1.17 bits per heavy atom. The van der Waals surface area contributed by atoms with Crippen LogP contribution in [0.1, 0.15) is 35.6 Å². The smallest absolute Gasteiger partial charge is 0.237 e. The molecule has 0 fully saturated rings. The topological polar surface area (TPSA) is 60.2 Å². The summed E-state index contributed by atoms with van der Waals surface area (Å²) in [4.78, 5) is 8.07. The zero-order chi connectivity index (χ0) is 16.9. The summed E-state index contributed by atoms with van der Waals surface area (Å²) in [5.74, 6) is 3.15. The van der Waals surface area contributed by atoms with E-state index in [-0.39, 0.29) is 6.04 Å². The van der Waals surface area contributed by atoms with Gasteiger partial charge < -0.3 is 14.5 Å². The molecule has 5 heteroatoms. The molecule has 0 amide bonds. The standard InChI is InChI=1S/C19H21N3O2/c1-13-10-18(15(3)23-13)14(2)22-11-16-4-6-17(7-5-16)24-19-12-20-8-9-21-19/h4-10,12,14,22H,11H2,1-3H3. The molecule has 0 aliphatic carbocycles. The molecule has 2 aromatic heterocycles. The zero-order valence-electron chi connectivity index (χ0n) is 14.1. The molecule has 0 spiro atoms. The number of nitrogens with one attached hydrogen (secondary N) is 1. The van der Waals surface area contributed by atoms with Crippen molar-refractivity contribution in [1.82, 2.24) is 15.3 Å². The zero-order valence-corrected chi connectivity index (χ0v) is 14.1. The Morgan fingerprint density at radius 3 is 2.58 bits per heavy atom. The van der Waals surface area contributed by atoms with Gasteiger partial charge in [0.1, 0.15) is 17.3 Å². The van der Waals surface area contributed by atoms with Crippen LogP contribution in [0, 0.1) is 13.8 Å². The lowest BCUT2D eigenvalue weighted by atomic mass is 10.1. The summed E-state index contributed by atoms with van der Waals surface area (Å²) in [5.41, 5.74) is 2.39. The molecule has 124 valence electrons. The fourth-order valence-electron chi connectivity index (χ4n) is 2.60. The van der Waals surface area contributed by atoms with Gasteiger partial charge in [0.25, 0.3) is 0 Å². The van der Waals surface area contributed by atoms with Crippen LogP contribution in [0.4, 0.5) is 0 Å². The number of furan rings is 1. The van der Waals surface area contributed by atoms with Gasteiger partial charge >= 0.3 is 0 Å². The summed E-state index contributed by atoms with van der Waals surface area (Å²) in [7, 11) is 0. The molecule has 1 unspecified atom stereocenters. The maximum absolute atomic E-state index is 5.64. The van der Waals surface area contributed by atoms with Crippen molar-refractivity contribution >= 4 is 0 Å². The minimum absolute atomic E-state index is 0.234. The number of ether oxygens (including phenoxy) is 1. The second-order valence-electron chi connectivity index (χ2n) is 5.76.